The van der Waals surface area contributed by atoms with Crippen molar-refractivity contribution in [3.8, 4) is 0 Å². The minimum Gasteiger partial charge on any atom is -0.356 e. The molecule has 7 nitrogen and oxygen atoms in total. The molecule has 0 radical (unpaired) electrons. The van der Waals surface area contributed by atoms with Gasteiger partial charge in [0.1, 0.15) is 0 Å². The van der Waals surface area contributed by atoms with Crippen LogP contribution < -0.4 is 16.0 Å². The van der Waals surface area contributed by atoms with E-state index in [-0.39, 0.29) is 18.0 Å². The fourth-order valence-electron chi connectivity index (χ4n) is 3.37. The highest BCUT2D eigenvalue weighted by Gasteiger charge is 2.16. The number of aliphatic imine (C=N–C) groups is 1. The van der Waals surface area contributed by atoms with Crippen LogP contribution in [0.4, 0.5) is 0 Å². The molecule has 0 aromatic heterocycles. The monoisotopic (exact) mass is 402 g/mol. The number of nitrogens with zero attached hydrogens (tertiary/aromatic N) is 3. The highest BCUT2D eigenvalue weighted by molar-refractivity contribution is 5.86. The maximum Gasteiger partial charge on any atom is 0.239 e. The van der Waals surface area contributed by atoms with Crippen LogP contribution in [0.2, 0.25) is 0 Å². The lowest BCUT2D eigenvalue weighted by molar-refractivity contribution is -0.121. The van der Waals surface area contributed by atoms with E-state index in [0.29, 0.717) is 5.96 Å². The zero-order valence-electron chi connectivity index (χ0n) is 18.5. The van der Waals surface area contributed by atoms with Gasteiger partial charge in [0.15, 0.2) is 5.96 Å². The third-order valence-electron chi connectivity index (χ3n) is 4.81. The van der Waals surface area contributed by atoms with Gasteiger partial charge in [-0.05, 0) is 39.3 Å². The van der Waals surface area contributed by atoms with Gasteiger partial charge in [-0.15, -0.1) is 0 Å². The van der Waals surface area contributed by atoms with Crippen molar-refractivity contribution in [3.05, 3.63) is 35.9 Å². The van der Waals surface area contributed by atoms with Gasteiger partial charge in [0, 0.05) is 51.9 Å². The molecule has 1 aliphatic heterocycles. The molecule has 0 aliphatic carbocycles. The van der Waals surface area contributed by atoms with Crippen LogP contribution in [0.3, 0.4) is 0 Å². The largest absolute Gasteiger partial charge is 0.356 e. The Kier molecular flexibility index (Phi) is 9.41. The Bertz CT molecular complexity index is 632. The van der Waals surface area contributed by atoms with Gasteiger partial charge < -0.3 is 20.9 Å². The summed E-state index contributed by atoms with van der Waals surface area (Å²) in [7, 11) is 1.73. The lowest BCUT2D eigenvalue weighted by Gasteiger charge is -2.34. The number of nitrogens with one attached hydrogen (secondary N) is 3. The van der Waals surface area contributed by atoms with Crippen molar-refractivity contribution < 1.29 is 4.79 Å². The second kappa shape index (κ2) is 11.8. The number of rotatable bonds is 8. The quantitative estimate of drug-likeness (QED) is 0.347. The lowest BCUT2D eigenvalue weighted by atomic mass is 10.1. The van der Waals surface area contributed by atoms with E-state index in [1.807, 2.05) is 20.8 Å². The second-order valence-corrected chi connectivity index (χ2v) is 8.61. The first-order valence-electron chi connectivity index (χ1n) is 10.6. The Morgan fingerprint density at radius 3 is 2.31 bits per heavy atom. The predicted octanol–water partition coefficient (Wildman–Crippen LogP) is 1.27. The minimum absolute atomic E-state index is 0.0335. The molecule has 1 aromatic carbocycles. The summed E-state index contributed by atoms with van der Waals surface area (Å²) in [6.45, 7) is 13.6. The summed E-state index contributed by atoms with van der Waals surface area (Å²) in [5, 5.41) is 9.29. The van der Waals surface area contributed by atoms with Crippen LogP contribution in [-0.2, 0) is 11.3 Å². The molecule has 1 heterocycles. The Morgan fingerprint density at radius 2 is 1.69 bits per heavy atom. The fourth-order valence-corrected chi connectivity index (χ4v) is 3.37. The zero-order chi connectivity index (χ0) is 21.1. The van der Waals surface area contributed by atoms with Crippen LogP contribution in [0.15, 0.2) is 35.3 Å². The van der Waals surface area contributed by atoms with Gasteiger partial charge in [-0.2, -0.15) is 0 Å². The molecule has 0 atom stereocenters. The zero-order valence-corrected chi connectivity index (χ0v) is 18.5. The van der Waals surface area contributed by atoms with E-state index in [1.54, 1.807) is 7.05 Å². The molecule has 1 aromatic rings. The molecule has 29 heavy (non-hydrogen) atoms. The molecule has 0 unspecified atom stereocenters. The van der Waals surface area contributed by atoms with E-state index in [4.69, 9.17) is 0 Å². The number of carbonyl (C=O) groups is 1. The third kappa shape index (κ3) is 9.76. The minimum atomic E-state index is -0.221. The smallest absolute Gasteiger partial charge is 0.239 e. The molecule has 0 spiro atoms. The SMILES string of the molecule is CN=C(NCCCN1CCN(Cc2ccccc2)CC1)NCC(=O)NC(C)(C)C. The lowest BCUT2D eigenvalue weighted by Crippen LogP contribution is -2.48. The van der Waals surface area contributed by atoms with Crippen LogP contribution >= 0.6 is 0 Å². The summed E-state index contributed by atoms with van der Waals surface area (Å²) in [6.07, 6.45) is 1.05. The maximum atomic E-state index is 11.9. The molecule has 162 valence electrons. The first kappa shape index (κ1) is 23.2. The molecule has 0 bridgehead atoms. The van der Waals surface area contributed by atoms with Crippen LogP contribution in [0.25, 0.3) is 0 Å². The average molecular weight is 403 g/mol. The molecular formula is C22H38N6O. The van der Waals surface area contributed by atoms with E-state index in [0.717, 1.165) is 52.2 Å². The molecular weight excluding hydrogens is 364 g/mol. The molecule has 2 rings (SSSR count). The van der Waals surface area contributed by atoms with Crippen molar-refractivity contribution >= 4 is 11.9 Å². The van der Waals surface area contributed by atoms with Crippen LogP contribution in [0.1, 0.15) is 32.8 Å². The number of benzene rings is 1. The van der Waals surface area contributed by atoms with E-state index in [2.05, 4.69) is 61.1 Å². The fraction of sp³-hybridized carbons (Fsp3) is 0.636. The van der Waals surface area contributed by atoms with Crippen molar-refractivity contribution in [2.24, 2.45) is 4.99 Å². The predicted molar refractivity (Wildman–Crippen MR) is 120 cm³/mol. The van der Waals surface area contributed by atoms with Gasteiger partial charge in [-0.25, -0.2) is 0 Å². The molecule has 3 N–H and O–H groups in total. The highest BCUT2D eigenvalue weighted by atomic mass is 16.2. The highest BCUT2D eigenvalue weighted by Crippen LogP contribution is 2.08. The van der Waals surface area contributed by atoms with Crippen molar-refractivity contribution in [1.82, 2.24) is 25.8 Å². The van der Waals surface area contributed by atoms with E-state index < -0.39 is 0 Å². The Hall–Kier alpha value is -2.12. The molecule has 1 saturated heterocycles. The Labute approximate surface area is 175 Å². The van der Waals surface area contributed by atoms with Crippen molar-refractivity contribution in [1.29, 1.82) is 0 Å². The number of piperazine rings is 1. The topological polar surface area (TPSA) is 72.0 Å². The second-order valence-electron chi connectivity index (χ2n) is 8.61. The summed E-state index contributed by atoms with van der Waals surface area (Å²) < 4.78 is 0. The number of hydrogen-bond donors (Lipinski definition) is 3. The molecule has 7 heteroatoms. The normalized spacial score (nSPS) is 16.5. The number of guanidine groups is 1. The number of carbonyl (C=O) groups excluding carboxylic acids is 1. The van der Waals surface area contributed by atoms with Crippen molar-refractivity contribution in [2.75, 3.05) is 52.9 Å². The van der Waals surface area contributed by atoms with Crippen molar-refractivity contribution in [2.45, 2.75) is 39.3 Å². The number of amides is 1. The average Bonchev–Trinajstić information content (AvgIpc) is 2.68. The van der Waals surface area contributed by atoms with Crippen molar-refractivity contribution in [3.63, 3.8) is 0 Å². The van der Waals surface area contributed by atoms with E-state index in [1.165, 1.54) is 5.56 Å². The summed E-state index contributed by atoms with van der Waals surface area (Å²) in [5.41, 5.74) is 1.17. The van der Waals surface area contributed by atoms with E-state index in [9.17, 15) is 4.79 Å². The van der Waals surface area contributed by atoms with Crippen LogP contribution in [0.5, 0.6) is 0 Å². The van der Waals surface area contributed by atoms with Crippen LogP contribution in [0, 0.1) is 0 Å². The van der Waals surface area contributed by atoms with Crippen LogP contribution in [-0.4, -0.2) is 80.1 Å². The summed E-state index contributed by atoms with van der Waals surface area (Å²) >= 11 is 0. The number of hydrogen-bond acceptors (Lipinski definition) is 4. The molecule has 1 aliphatic rings. The van der Waals surface area contributed by atoms with Gasteiger partial charge in [-0.1, -0.05) is 30.3 Å². The summed E-state index contributed by atoms with van der Waals surface area (Å²) in [5.74, 6) is 0.635. The van der Waals surface area contributed by atoms with Gasteiger partial charge in [0.2, 0.25) is 5.91 Å². The summed E-state index contributed by atoms with van der Waals surface area (Å²) in [4.78, 5) is 21.1. The molecule has 0 saturated carbocycles. The molecule has 1 fully saturated rings. The Balaban J connectivity index is 1.56. The molecule has 1 amide bonds. The van der Waals surface area contributed by atoms with Gasteiger partial charge in [-0.3, -0.25) is 14.7 Å². The maximum absolute atomic E-state index is 11.9. The Morgan fingerprint density at radius 1 is 1.03 bits per heavy atom. The third-order valence-corrected chi connectivity index (χ3v) is 4.81. The summed E-state index contributed by atoms with van der Waals surface area (Å²) in [6, 6.07) is 10.7. The van der Waals surface area contributed by atoms with E-state index >= 15 is 0 Å². The van der Waals surface area contributed by atoms with Gasteiger partial charge in [0.25, 0.3) is 0 Å². The first-order valence-corrected chi connectivity index (χ1v) is 10.6. The van der Waals surface area contributed by atoms with Gasteiger partial charge in [0.05, 0.1) is 6.54 Å². The first-order chi connectivity index (χ1) is 13.9. The standard InChI is InChI=1S/C22H38N6O/c1-22(2,3)26-20(29)17-25-21(23-4)24-11-8-12-27-13-15-28(16-14-27)18-19-9-6-5-7-10-19/h5-7,9-10H,8,11-18H2,1-4H3,(H,26,29)(H2,23,24,25). The van der Waals surface area contributed by atoms with Gasteiger partial charge >= 0.3 is 0 Å².